The van der Waals surface area contributed by atoms with Crippen LogP contribution in [-0.4, -0.2) is 29.9 Å². The second-order valence-corrected chi connectivity index (χ2v) is 5.62. The number of rotatable bonds is 7. The summed E-state index contributed by atoms with van der Waals surface area (Å²) in [5.41, 5.74) is 1.73. The fourth-order valence-corrected chi connectivity index (χ4v) is 2.56. The maximum Gasteiger partial charge on any atom is 0.303 e. The highest BCUT2D eigenvalue weighted by atomic mass is 16.4. The van der Waals surface area contributed by atoms with Gasteiger partial charge in [0.25, 0.3) is 5.91 Å². The number of carbonyl (C=O) groups excluding carboxylic acids is 2. The number of hydrogen-bond donors (Lipinski definition) is 3. The van der Waals surface area contributed by atoms with Crippen molar-refractivity contribution < 1.29 is 19.5 Å². The highest BCUT2D eigenvalue weighted by Gasteiger charge is 2.19. The maximum absolute atomic E-state index is 12.3. The quantitative estimate of drug-likeness (QED) is 0.722. The molecule has 0 aliphatic carbocycles. The van der Waals surface area contributed by atoms with Crippen molar-refractivity contribution in [3.63, 3.8) is 0 Å². The monoisotopic (exact) mass is 340 g/mol. The van der Waals surface area contributed by atoms with E-state index in [0.717, 1.165) is 5.56 Å². The summed E-state index contributed by atoms with van der Waals surface area (Å²) in [6.45, 7) is 0. The molecule has 2 rings (SSSR count). The SMILES string of the molecule is CNC(=O)c1cccc(NC(=O)C[C@@H](CC(=O)O)c2ccccc2)c1. The number of carboxylic acid groups (broad SMARTS) is 1. The molecular weight excluding hydrogens is 320 g/mol. The van der Waals surface area contributed by atoms with Crippen LogP contribution in [-0.2, 0) is 9.59 Å². The molecule has 2 amide bonds. The minimum Gasteiger partial charge on any atom is -0.481 e. The van der Waals surface area contributed by atoms with Crippen LogP contribution in [0, 0.1) is 0 Å². The molecule has 0 bridgehead atoms. The zero-order valence-electron chi connectivity index (χ0n) is 13.9. The fourth-order valence-electron chi connectivity index (χ4n) is 2.56. The molecule has 0 aliphatic rings. The third-order valence-electron chi connectivity index (χ3n) is 3.76. The molecule has 0 spiro atoms. The van der Waals surface area contributed by atoms with Crippen LogP contribution in [0.3, 0.4) is 0 Å². The molecule has 0 radical (unpaired) electrons. The number of carbonyl (C=O) groups is 3. The van der Waals surface area contributed by atoms with Crippen molar-refractivity contribution in [2.24, 2.45) is 0 Å². The van der Waals surface area contributed by atoms with Gasteiger partial charge < -0.3 is 15.7 Å². The highest BCUT2D eigenvalue weighted by molar-refractivity contribution is 5.97. The molecule has 2 aromatic carbocycles. The largest absolute Gasteiger partial charge is 0.481 e. The van der Waals surface area contributed by atoms with E-state index >= 15 is 0 Å². The van der Waals surface area contributed by atoms with Gasteiger partial charge in [-0.3, -0.25) is 14.4 Å². The summed E-state index contributed by atoms with van der Waals surface area (Å²) in [7, 11) is 1.53. The number of amides is 2. The Hall–Kier alpha value is -3.15. The molecule has 0 aliphatic heterocycles. The van der Waals surface area contributed by atoms with E-state index in [1.807, 2.05) is 30.3 Å². The Kier molecular flexibility index (Phi) is 6.28. The van der Waals surface area contributed by atoms with E-state index in [9.17, 15) is 14.4 Å². The Morgan fingerprint density at radius 1 is 1.00 bits per heavy atom. The van der Waals surface area contributed by atoms with Crippen molar-refractivity contribution in [2.45, 2.75) is 18.8 Å². The second kappa shape index (κ2) is 8.63. The number of anilines is 1. The van der Waals surface area contributed by atoms with Crippen LogP contribution >= 0.6 is 0 Å². The average molecular weight is 340 g/mol. The molecule has 2 aromatic rings. The standard InChI is InChI=1S/C19H20N2O4/c1-20-19(25)14-8-5-9-16(10-14)21-17(22)11-15(12-18(23)24)13-6-3-2-4-7-13/h2-10,15H,11-12H2,1H3,(H,20,25)(H,21,22)(H,23,24)/t15-/m0/s1. The van der Waals surface area contributed by atoms with Crippen LogP contribution in [0.5, 0.6) is 0 Å². The second-order valence-electron chi connectivity index (χ2n) is 5.62. The first-order chi connectivity index (χ1) is 12.0. The molecular formula is C19H20N2O4. The first kappa shape index (κ1) is 18.2. The van der Waals surface area contributed by atoms with Gasteiger partial charge in [-0.15, -0.1) is 0 Å². The summed E-state index contributed by atoms with van der Waals surface area (Å²) in [6, 6.07) is 15.7. The van der Waals surface area contributed by atoms with Crippen molar-refractivity contribution in [1.29, 1.82) is 0 Å². The van der Waals surface area contributed by atoms with Crippen molar-refractivity contribution in [3.05, 3.63) is 65.7 Å². The number of nitrogens with one attached hydrogen (secondary N) is 2. The Morgan fingerprint density at radius 3 is 2.36 bits per heavy atom. The number of carboxylic acids is 1. The minimum atomic E-state index is -0.955. The first-order valence-electron chi connectivity index (χ1n) is 7.88. The van der Waals surface area contributed by atoms with E-state index in [4.69, 9.17) is 5.11 Å². The molecule has 25 heavy (non-hydrogen) atoms. The molecule has 1 atom stereocenters. The van der Waals surface area contributed by atoms with Gasteiger partial charge in [-0.25, -0.2) is 0 Å². The van der Waals surface area contributed by atoms with E-state index in [0.29, 0.717) is 11.3 Å². The third kappa shape index (κ3) is 5.46. The van der Waals surface area contributed by atoms with E-state index in [-0.39, 0.29) is 24.7 Å². The fraction of sp³-hybridized carbons (Fsp3) is 0.211. The van der Waals surface area contributed by atoms with Gasteiger partial charge in [-0.2, -0.15) is 0 Å². The number of aliphatic carboxylic acids is 1. The van der Waals surface area contributed by atoms with Gasteiger partial charge in [0.05, 0.1) is 6.42 Å². The summed E-state index contributed by atoms with van der Waals surface area (Å²) >= 11 is 0. The average Bonchev–Trinajstić information content (AvgIpc) is 2.61. The Balaban J connectivity index is 2.09. The molecule has 3 N–H and O–H groups in total. The Labute approximate surface area is 145 Å². The third-order valence-corrected chi connectivity index (χ3v) is 3.76. The zero-order chi connectivity index (χ0) is 18.2. The van der Waals surface area contributed by atoms with E-state index in [1.54, 1.807) is 24.3 Å². The van der Waals surface area contributed by atoms with Crippen LogP contribution in [0.4, 0.5) is 5.69 Å². The van der Waals surface area contributed by atoms with Crippen LogP contribution in [0.25, 0.3) is 0 Å². The van der Waals surface area contributed by atoms with Crippen LogP contribution in [0.1, 0.15) is 34.7 Å². The molecule has 0 unspecified atom stereocenters. The number of hydrogen-bond acceptors (Lipinski definition) is 3. The molecule has 0 saturated heterocycles. The van der Waals surface area contributed by atoms with Gasteiger partial charge in [0.15, 0.2) is 0 Å². The van der Waals surface area contributed by atoms with Crippen molar-refractivity contribution in [3.8, 4) is 0 Å². The predicted octanol–water partition coefficient (Wildman–Crippen LogP) is 2.63. The lowest BCUT2D eigenvalue weighted by Gasteiger charge is -2.15. The smallest absolute Gasteiger partial charge is 0.303 e. The van der Waals surface area contributed by atoms with E-state index in [2.05, 4.69) is 10.6 Å². The molecule has 0 saturated carbocycles. The first-order valence-corrected chi connectivity index (χ1v) is 7.88. The lowest BCUT2D eigenvalue weighted by atomic mass is 9.92. The normalized spacial score (nSPS) is 11.4. The maximum atomic E-state index is 12.3. The summed E-state index contributed by atoms with van der Waals surface area (Å²) in [5.74, 6) is -1.92. The van der Waals surface area contributed by atoms with Crippen molar-refractivity contribution in [1.82, 2.24) is 5.32 Å². The van der Waals surface area contributed by atoms with Crippen LogP contribution in [0.15, 0.2) is 54.6 Å². The molecule has 0 aromatic heterocycles. The predicted molar refractivity (Wildman–Crippen MR) is 94.5 cm³/mol. The van der Waals surface area contributed by atoms with Gasteiger partial charge in [0.1, 0.15) is 0 Å². The minimum absolute atomic E-state index is 0.0422. The lowest BCUT2D eigenvalue weighted by Crippen LogP contribution is -2.19. The van der Waals surface area contributed by atoms with E-state index in [1.165, 1.54) is 7.05 Å². The topological polar surface area (TPSA) is 95.5 Å². The zero-order valence-corrected chi connectivity index (χ0v) is 13.9. The van der Waals surface area contributed by atoms with Crippen molar-refractivity contribution in [2.75, 3.05) is 12.4 Å². The Morgan fingerprint density at radius 2 is 1.72 bits per heavy atom. The van der Waals surface area contributed by atoms with Gasteiger partial charge >= 0.3 is 5.97 Å². The summed E-state index contributed by atoms with van der Waals surface area (Å²) in [5, 5.41) is 14.3. The van der Waals surface area contributed by atoms with Gasteiger partial charge in [0, 0.05) is 30.6 Å². The molecule has 0 heterocycles. The van der Waals surface area contributed by atoms with Crippen LogP contribution in [0.2, 0.25) is 0 Å². The lowest BCUT2D eigenvalue weighted by molar-refractivity contribution is -0.137. The summed E-state index contributed by atoms with van der Waals surface area (Å²) < 4.78 is 0. The van der Waals surface area contributed by atoms with Gasteiger partial charge in [-0.05, 0) is 23.8 Å². The molecule has 130 valence electrons. The van der Waals surface area contributed by atoms with Crippen molar-refractivity contribution >= 4 is 23.5 Å². The van der Waals surface area contributed by atoms with E-state index < -0.39 is 11.9 Å². The summed E-state index contributed by atoms with van der Waals surface area (Å²) in [4.78, 5) is 35.1. The summed E-state index contributed by atoms with van der Waals surface area (Å²) in [6.07, 6.45) is -0.0871. The molecule has 0 fully saturated rings. The number of benzene rings is 2. The highest BCUT2D eigenvalue weighted by Crippen LogP contribution is 2.24. The van der Waals surface area contributed by atoms with Gasteiger partial charge in [0.2, 0.25) is 5.91 Å². The molecule has 6 heteroatoms. The van der Waals surface area contributed by atoms with Crippen LogP contribution < -0.4 is 10.6 Å². The molecule has 6 nitrogen and oxygen atoms in total. The van der Waals surface area contributed by atoms with Gasteiger partial charge in [-0.1, -0.05) is 36.4 Å². The Bertz CT molecular complexity index is 759.